The van der Waals surface area contributed by atoms with Gasteiger partial charge in [0.1, 0.15) is 17.4 Å². The summed E-state index contributed by atoms with van der Waals surface area (Å²) in [5, 5.41) is 18.3. The van der Waals surface area contributed by atoms with Crippen LogP contribution in [0.3, 0.4) is 0 Å². The second kappa shape index (κ2) is 7.27. The second-order valence-corrected chi connectivity index (χ2v) is 5.37. The lowest BCUT2D eigenvalue weighted by Crippen LogP contribution is -2.14. The van der Waals surface area contributed by atoms with Crippen molar-refractivity contribution in [2.75, 3.05) is 10.6 Å². The van der Waals surface area contributed by atoms with Crippen LogP contribution >= 0.6 is 0 Å². The lowest BCUT2D eigenvalue weighted by atomic mass is 10.0. The molecule has 0 bridgehead atoms. The molecule has 2 N–H and O–H groups in total. The van der Waals surface area contributed by atoms with Crippen molar-refractivity contribution in [2.45, 2.75) is 26.7 Å². The normalized spacial score (nSPS) is 11.2. The Morgan fingerprint density at radius 2 is 2.04 bits per heavy atom. The number of anilines is 2. The van der Waals surface area contributed by atoms with Gasteiger partial charge in [0, 0.05) is 18.0 Å². The molecule has 118 valence electrons. The van der Waals surface area contributed by atoms with Gasteiger partial charge in [0.2, 0.25) is 0 Å². The van der Waals surface area contributed by atoms with Crippen LogP contribution in [0.2, 0.25) is 0 Å². The summed E-state index contributed by atoms with van der Waals surface area (Å²) >= 11 is 0. The first-order valence-electron chi connectivity index (χ1n) is 7.21. The summed E-state index contributed by atoms with van der Waals surface area (Å²) in [6.45, 7) is 5.95. The summed E-state index contributed by atoms with van der Waals surface area (Å²) in [5.41, 5.74) is 1.76. The Morgan fingerprint density at radius 1 is 1.35 bits per heavy atom. The average Bonchev–Trinajstić information content (AvgIpc) is 2.94. The van der Waals surface area contributed by atoms with Crippen molar-refractivity contribution in [3.05, 3.63) is 53.4 Å². The molecule has 0 aliphatic rings. The van der Waals surface area contributed by atoms with Crippen LogP contribution in [0.5, 0.6) is 0 Å². The zero-order valence-corrected chi connectivity index (χ0v) is 13.3. The fraction of sp³-hybridized carbons (Fsp3) is 0.235. The second-order valence-electron chi connectivity index (χ2n) is 5.37. The molecule has 0 spiro atoms. The highest BCUT2D eigenvalue weighted by atomic mass is 16.5. The number of rotatable bonds is 5. The summed E-state index contributed by atoms with van der Waals surface area (Å²) in [4.78, 5) is 12.1. The van der Waals surface area contributed by atoms with E-state index in [1.54, 1.807) is 13.0 Å². The predicted molar refractivity (Wildman–Crippen MR) is 87.7 cm³/mol. The molecule has 6 nitrogen and oxygen atoms in total. The van der Waals surface area contributed by atoms with E-state index in [0.29, 0.717) is 23.2 Å². The predicted octanol–water partition coefficient (Wildman–Crippen LogP) is 3.56. The number of aromatic nitrogens is 1. The van der Waals surface area contributed by atoms with Crippen molar-refractivity contribution in [1.82, 2.24) is 5.16 Å². The summed E-state index contributed by atoms with van der Waals surface area (Å²) in [6, 6.07) is 11.1. The Balaban J connectivity index is 2.03. The highest BCUT2D eigenvalue weighted by Crippen LogP contribution is 2.17. The van der Waals surface area contributed by atoms with Crippen molar-refractivity contribution in [3.8, 4) is 6.07 Å². The first-order valence-corrected chi connectivity index (χ1v) is 7.21. The van der Waals surface area contributed by atoms with Gasteiger partial charge in [0.25, 0.3) is 5.91 Å². The Hall–Kier alpha value is -3.07. The van der Waals surface area contributed by atoms with Gasteiger partial charge >= 0.3 is 0 Å². The van der Waals surface area contributed by atoms with Crippen LogP contribution in [0.4, 0.5) is 11.5 Å². The number of nitriles is 1. The molecule has 0 aliphatic carbocycles. The molecule has 0 radical (unpaired) electrons. The third-order valence-electron chi connectivity index (χ3n) is 3.19. The maximum atomic E-state index is 12.1. The van der Waals surface area contributed by atoms with Crippen LogP contribution in [0.25, 0.3) is 0 Å². The lowest BCUT2D eigenvalue weighted by Gasteiger charge is -2.08. The van der Waals surface area contributed by atoms with Crippen molar-refractivity contribution < 1.29 is 9.32 Å². The van der Waals surface area contributed by atoms with Crippen molar-refractivity contribution in [3.63, 3.8) is 0 Å². The van der Waals surface area contributed by atoms with E-state index in [-0.39, 0.29) is 5.57 Å². The number of carbonyl (C=O) groups excluding carboxylic acids is 1. The lowest BCUT2D eigenvalue weighted by molar-refractivity contribution is -0.112. The van der Waals surface area contributed by atoms with E-state index in [2.05, 4.69) is 29.6 Å². The van der Waals surface area contributed by atoms with Crippen LogP contribution in [-0.4, -0.2) is 11.1 Å². The van der Waals surface area contributed by atoms with E-state index >= 15 is 0 Å². The van der Waals surface area contributed by atoms with E-state index in [1.165, 1.54) is 11.8 Å². The standard InChI is InChI=1S/C17H18N4O2/c1-11(2)13-4-6-15(7-5-13)20-17(22)14(9-18)10-19-16-8-12(3)23-21-16/h4-8,10-11H,1-3H3,(H,19,21)(H,20,22)/b14-10-. The number of benzene rings is 1. The number of amides is 1. The smallest absolute Gasteiger partial charge is 0.267 e. The van der Waals surface area contributed by atoms with E-state index in [1.807, 2.05) is 30.3 Å². The zero-order valence-electron chi connectivity index (χ0n) is 13.3. The fourth-order valence-corrected chi connectivity index (χ4v) is 1.88. The minimum atomic E-state index is -0.488. The molecule has 1 heterocycles. The van der Waals surface area contributed by atoms with Gasteiger partial charge in [-0.1, -0.05) is 31.1 Å². The Morgan fingerprint density at radius 3 is 2.57 bits per heavy atom. The number of hydrogen-bond acceptors (Lipinski definition) is 5. The first kappa shape index (κ1) is 16.3. The molecule has 0 aliphatic heterocycles. The van der Waals surface area contributed by atoms with Gasteiger partial charge in [-0.3, -0.25) is 4.79 Å². The van der Waals surface area contributed by atoms with Gasteiger partial charge < -0.3 is 15.2 Å². The highest BCUT2D eigenvalue weighted by Gasteiger charge is 2.10. The molecule has 0 unspecified atom stereocenters. The van der Waals surface area contributed by atoms with Gasteiger partial charge in [-0.05, 0) is 30.5 Å². The molecule has 1 aromatic heterocycles. The average molecular weight is 310 g/mol. The third-order valence-corrected chi connectivity index (χ3v) is 3.19. The number of carbonyl (C=O) groups is 1. The summed E-state index contributed by atoms with van der Waals surface area (Å²) < 4.78 is 4.89. The number of nitrogens with one attached hydrogen (secondary N) is 2. The Bertz CT molecular complexity index is 752. The van der Waals surface area contributed by atoms with Gasteiger partial charge in [-0.25, -0.2) is 0 Å². The zero-order chi connectivity index (χ0) is 16.8. The largest absolute Gasteiger partial charge is 0.360 e. The molecule has 2 rings (SSSR count). The molecule has 23 heavy (non-hydrogen) atoms. The first-order chi connectivity index (χ1) is 11.0. The fourth-order valence-electron chi connectivity index (χ4n) is 1.88. The Kier molecular flexibility index (Phi) is 5.15. The molecular formula is C17H18N4O2. The molecule has 0 atom stereocenters. The molecule has 2 aromatic rings. The van der Waals surface area contributed by atoms with Crippen molar-refractivity contribution in [1.29, 1.82) is 5.26 Å². The highest BCUT2D eigenvalue weighted by molar-refractivity contribution is 6.06. The monoisotopic (exact) mass is 310 g/mol. The van der Waals surface area contributed by atoms with Gasteiger partial charge in [0.15, 0.2) is 5.82 Å². The molecule has 0 saturated carbocycles. The molecular weight excluding hydrogens is 292 g/mol. The topological polar surface area (TPSA) is 91.0 Å². The summed E-state index contributed by atoms with van der Waals surface area (Å²) in [5.74, 6) is 1.00. The molecule has 0 fully saturated rings. The van der Waals surface area contributed by atoms with Gasteiger partial charge in [0.05, 0.1) is 0 Å². The SMILES string of the molecule is Cc1cc(N/C=C(/C#N)C(=O)Nc2ccc(C(C)C)cc2)no1. The number of aryl methyl sites for hydroxylation is 1. The van der Waals surface area contributed by atoms with Crippen molar-refractivity contribution in [2.24, 2.45) is 0 Å². The van der Waals surface area contributed by atoms with Crippen molar-refractivity contribution >= 4 is 17.4 Å². The minimum absolute atomic E-state index is 0.0569. The molecule has 1 aromatic carbocycles. The maximum absolute atomic E-state index is 12.1. The third kappa shape index (κ3) is 4.45. The summed E-state index contributed by atoms with van der Waals surface area (Å²) in [6.07, 6.45) is 1.30. The summed E-state index contributed by atoms with van der Waals surface area (Å²) in [7, 11) is 0. The van der Waals surface area contributed by atoms with Crippen LogP contribution < -0.4 is 10.6 Å². The molecule has 0 saturated heterocycles. The number of nitrogens with zero attached hydrogens (tertiary/aromatic N) is 2. The Labute approximate surface area is 134 Å². The minimum Gasteiger partial charge on any atom is -0.360 e. The van der Waals surface area contributed by atoms with Crippen LogP contribution in [-0.2, 0) is 4.79 Å². The van der Waals surface area contributed by atoms with E-state index in [9.17, 15) is 4.79 Å². The number of hydrogen-bond donors (Lipinski definition) is 2. The van der Waals surface area contributed by atoms with Gasteiger partial charge in [-0.2, -0.15) is 5.26 Å². The van der Waals surface area contributed by atoms with E-state index < -0.39 is 5.91 Å². The van der Waals surface area contributed by atoms with Crippen LogP contribution in [0.1, 0.15) is 31.1 Å². The van der Waals surface area contributed by atoms with Gasteiger partial charge in [-0.15, -0.1) is 0 Å². The van der Waals surface area contributed by atoms with Crippen LogP contribution in [0, 0.1) is 18.3 Å². The molecule has 6 heteroatoms. The van der Waals surface area contributed by atoms with E-state index in [4.69, 9.17) is 9.78 Å². The maximum Gasteiger partial charge on any atom is 0.267 e. The van der Waals surface area contributed by atoms with E-state index in [0.717, 1.165) is 0 Å². The quantitative estimate of drug-likeness (QED) is 0.651. The molecule has 1 amide bonds. The van der Waals surface area contributed by atoms with Crippen LogP contribution in [0.15, 0.2) is 46.6 Å².